The van der Waals surface area contributed by atoms with E-state index in [1.807, 2.05) is 0 Å². The van der Waals surface area contributed by atoms with Crippen molar-refractivity contribution in [1.82, 2.24) is 0 Å². The standard InChI is InChI=1S/C21H42O5/c1-4-19-22-24-26-25-23-20-17-15-13-11-9-7-5-6-8-10-12-14-16-18-21(2)3/h4,19,21H,5-18,20H2,1-3H3. The molecule has 0 aliphatic heterocycles. The summed E-state index contributed by atoms with van der Waals surface area (Å²) in [6.07, 6.45) is 21.7. The lowest BCUT2D eigenvalue weighted by Crippen LogP contribution is -1.99. The van der Waals surface area contributed by atoms with Crippen LogP contribution in [-0.2, 0) is 24.9 Å². The molecule has 0 spiro atoms. The lowest BCUT2D eigenvalue weighted by atomic mass is 10.0. The lowest BCUT2D eigenvalue weighted by Gasteiger charge is -2.05. The Balaban J connectivity index is 2.99. The van der Waals surface area contributed by atoms with Gasteiger partial charge in [-0.3, -0.25) is 0 Å². The number of allylic oxidation sites excluding steroid dienone is 1. The fourth-order valence-electron chi connectivity index (χ4n) is 2.82. The largest absolute Gasteiger partial charge is 0.314 e. The molecule has 26 heavy (non-hydrogen) atoms. The molecule has 0 saturated carbocycles. The van der Waals surface area contributed by atoms with Crippen molar-refractivity contribution in [2.75, 3.05) is 6.61 Å². The zero-order valence-electron chi connectivity index (χ0n) is 17.4. The molecule has 0 saturated heterocycles. The maximum atomic E-state index is 4.78. The highest BCUT2D eigenvalue weighted by molar-refractivity contribution is 4.62. The molecule has 0 aliphatic carbocycles. The van der Waals surface area contributed by atoms with Gasteiger partial charge in [0.25, 0.3) is 0 Å². The fourth-order valence-corrected chi connectivity index (χ4v) is 2.82. The molecule has 5 heteroatoms. The molecular weight excluding hydrogens is 332 g/mol. The molecule has 0 radical (unpaired) electrons. The molecule has 0 rings (SSSR count). The van der Waals surface area contributed by atoms with E-state index in [0.29, 0.717) is 6.61 Å². The summed E-state index contributed by atoms with van der Waals surface area (Å²) >= 11 is 0. The van der Waals surface area contributed by atoms with Crippen molar-refractivity contribution >= 4 is 0 Å². The summed E-state index contributed by atoms with van der Waals surface area (Å²) < 4.78 is 0. The maximum Gasteiger partial charge on any atom is 0.128 e. The Morgan fingerprint density at radius 2 is 1.12 bits per heavy atom. The first kappa shape index (κ1) is 25.4. The van der Waals surface area contributed by atoms with Gasteiger partial charge in [0.2, 0.25) is 0 Å². The predicted octanol–water partition coefficient (Wildman–Crippen LogP) is 7.38. The number of hydrogen-bond acceptors (Lipinski definition) is 5. The van der Waals surface area contributed by atoms with E-state index in [9.17, 15) is 0 Å². The zero-order valence-corrected chi connectivity index (χ0v) is 17.4. The summed E-state index contributed by atoms with van der Waals surface area (Å²) in [6.45, 7) is 6.91. The van der Waals surface area contributed by atoms with E-state index < -0.39 is 0 Å². The summed E-state index contributed by atoms with van der Waals surface area (Å²) in [5.74, 6) is 0.868. The second-order valence-electron chi connectivity index (χ2n) is 7.37. The van der Waals surface area contributed by atoms with Crippen LogP contribution in [0.15, 0.2) is 12.3 Å². The summed E-state index contributed by atoms with van der Waals surface area (Å²) in [5.41, 5.74) is 0. The van der Waals surface area contributed by atoms with Gasteiger partial charge in [0, 0.05) is 10.1 Å². The predicted molar refractivity (Wildman–Crippen MR) is 105 cm³/mol. The van der Waals surface area contributed by atoms with Crippen LogP contribution in [0.3, 0.4) is 0 Å². The maximum absolute atomic E-state index is 4.78. The van der Waals surface area contributed by atoms with E-state index in [4.69, 9.17) is 4.89 Å². The molecule has 5 nitrogen and oxygen atoms in total. The molecular formula is C21H42O5. The first-order chi connectivity index (χ1) is 12.8. The highest BCUT2D eigenvalue weighted by Crippen LogP contribution is 2.14. The molecule has 156 valence electrons. The van der Waals surface area contributed by atoms with Crippen LogP contribution in [0.1, 0.15) is 111 Å². The highest BCUT2D eigenvalue weighted by atomic mass is 17.8. The van der Waals surface area contributed by atoms with E-state index in [1.54, 1.807) is 13.0 Å². The van der Waals surface area contributed by atoms with Gasteiger partial charge in [0.15, 0.2) is 0 Å². The van der Waals surface area contributed by atoms with Gasteiger partial charge in [-0.05, 0) is 30.4 Å². The Hall–Kier alpha value is -0.620. The van der Waals surface area contributed by atoms with Gasteiger partial charge in [-0.15, -0.1) is 0 Å². The minimum Gasteiger partial charge on any atom is -0.314 e. The topological polar surface area (TPSA) is 46.2 Å². The van der Waals surface area contributed by atoms with Crippen molar-refractivity contribution in [3.05, 3.63) is 12.3 Å². The molecule has 0 amide bonds. The van der Waals surface area contributed by atoms with E-state index in [0.717, 1.165) is 18.8 Å². The first-order valence-corrected chi connectivity index (χ1v) is 10.7. The third kappa shape index (κ3) is 23.4. The van der Waals surface area contributed by atoms with Gasteiger partial charge in [-0.1, -0.05) is 97.3 Å². The number of rotatable bonds is 21. The molecule has 0 aromatic rings. The van der Waals surface area contributed by atoms with Crippen molar-refractivity contribution < 1.29 is 24.9 Å². The first-order valence-electron chi connectivity index (χ1n) is 10.7. The molecule has 0 aromatic heterocycles. The van der Waals surface area contributed by atoms with Crippen molar-refractivity contribution in [2.24, 2.45) is 5.92 Å². The number of unbranched alkanes of at least 4 members (excludes halogenated alkanes) is 12. The normalized spacial score (nSPS) is 11.7. The fraction of sp³-hybridized carbons (Fsp3) is 0.905. The van der Waals surface area contributed by atoms with Crippen LogP contribution in [0.4, 0.5) is 0 Å². The van der Waals surface area contributed by atoms with Crippen molar-refractivity contribution in [2.45, 2.75) is 111 Å². The lowest BCUT2D eigenvalue weighted by molar-refractivity contribution is -0.700. The third-order valence-electron chi connectivity index (χ3n) is 4.34. The van der Waals surface area contributed by atoms with Crippen LogP contribution in [0.25, 0.3) is 0 Å². The summed E-state index contributed by atoms with van der Waals surface area (Å²) in [5, 5.41) is 12.7. The third-order valence-corrected chi connectivity index (χ3v) is 4.34. The molecule has 0 aliphatic rings. The number of hydrogen-bond donors (Lipinski definition) is 0. The van der Waals surface area contributed by atoms with E-state index in [-0.39, 0.29) is 0 Å². The molecule has 0 aromatic carbocycles. The Morgan fingerprint density at radius 3 is 1.62 bits per heavy atom. The van der Waals surface area contributed by atoms with Crippen LogP contribution >= 0.6 is 0 Å². The van der Waals surface area contributed by atoms with Crippen molar-refractivity contribution in [3.8, 4) is 0 Å². The van der Waals surface area contributed by atoms with E-state index >= 15 is 0 Å². The van der Waals surface area contributed by atoms with Gasteiger partial charge < -0.3 is 4.89 Å². The average molecular weight is 375 g/mol. The van der Waals surface area contributed by atoms with E-state index in [1.165, 1.54) is 83.3 Å². The van der Waals surface area contributed by atoms with Gasteiger partial charge >= 0.3 is 0 Å². The Morgan fingerprint density at radius 1 is 0.615 bits per heavy atom. The van der Waals surface area contributed by atoms with Crippen molar-refractivity contribution in [3.63, 3.8) is 0 Å². The molecule has 0 unspecified atom stereocenters. The summed E-state index contributed by atoms with van der Waals surface area (Å²) in [7, 11) is 0. The zero-order chi connectivity index (χ0) is 19.1. The Labute approximate surface area is 161 Å². The molecule has 0 heterocycles. The van der Waals surface area contributed by atoms with Crippen LogP contribution < -0.4 is 0 Å². The second kappa shape index (κ2) is 22.4. The molecule has 0 bridgehead atoms. The molecule has 0 atom stereocenters. The molecule has 0 fully saturated rings. The quantitative estimate of drug-likeness (QED) is 0.0907. The summed E-state index contributed by atoms with van der Waals surface area (Å²) in [4.78, 5) is 9.19. The molecule has 0 N–H and O–H groups in total. The van der Waals surface area contributed by atoms with Crippen LogP contribution in [0.2, 0.25) is 0 Å². The van der Waals surface area contributed by atoms with Crippen LogP contribution in [0, 0.1) is 5.92 Å². The average Bonchev–Trinajstić information content (AvgIpc) is 2.62. The van der Waals surface area contributed by atoms with Gasteiger partial charge in [-0.25, -0.2) is 4.89 Å². The second-order valence-corrected chi connectivity index (χ2v) is 7.37. The highest BCUT2D eigenvalue weighted by Gasteiger charge is 1.96. The van der Waals surface area contributed by atoms with E-state index in [2.05, 4.69) is 33.8 Å². The SMILES string of the molecule is CC=COOOOOCCCCCCCCCCCCCCCC(C)C. The van der Waals surface area contributed by atoms with Crippen LogP contribution in [-0.4, -0.2) is 6.61 Å². The smallest absolute Gasteiger partial charge is 0.128 e. The van der Waals surface area contributed by atoms with Gasteiger partial charge in [-0.2, -0.15) is 0 Å². The Kier molecular flexibility index (Phi) is 21.9. The van der Waals surface area contributed by atoms with Gasteiger partial charge in [0.05, 0.1) is 6.61 Å². The van der Waals surface area contributed by atoms with Crippen LogP contribution in [0.5, 0.6) is 0 Å². The van der Waals surface area contributed by atoms with Gasteiger partial charge in [0.1, 0.15) is 6.26 Å². The minimum absolute atomic E-state index is 0.490. The van der Waals surface area contributed by atoms with Crippen molar-refractivity contribution in [1.29, 1.82) is 0 Å². The minimum atomic E-state index is 0.490. The Bertz CT molecular complexity index is 282. The summed E-state index contributed by atoms with van der Waals surface area (Å²) in [6, 6.07) is 0. The monoisotopic (exact) mass is 374 g/mol.